The number of nitrogens with one attached hydrogen (secondary N) is 17. The van der Waals surface area contributed by atoms with Crippen molar-refractivity contribution in [3.8, 4) is 0 Å². The lowest BCUT2D eigenvalue weighted by atomic mass is 10.0. The van der Waals surface area contributed by atoms with Gasteiger partial charge in [0.25, 0.3) is 17.7 Å². The second-order valence-corrected chi connectivity index (χ2v) is 22.3. The first-order valence-corrected chi connectivity index (χ1v) is 31.4. The molecule has 2 aliphatic rings. The fraction of sp³-hybridized carbons (Fsp3) is 0.435. The molecular weight excluding hydrogens is 1280 g/mol. The number of amides is 13. The predicted molar refractivity (Wildman–Crippen MR) is 350 cm³/mol. The van der Waals surface area contributed by atoms with Crippen LogP contribution in [0.15, 0.2) is 89.9 Å². The van der Waals surface area contributed by atoms with Gasteiger partial charge >= 0.3 is 11.9 Å². The number of hydrogen-bond donors (Lipinski definition) is 21. The number of carboxylic acid groups (broad SMARTS) is 2. The van der Waals surface area contributed by atoms with Gasteiger partial charge in [-0.15, -0.1) is 0 Å². The Bertz CT molecular complexity index is 3340. The van der Waals surface area contributed by atoms with E-state index in [0.29, 0.717) is 17.2 Å². The normalized spacial score (nSPS) is 20.3. The highest BCUT2D eigenvalue weighted by atomic mass is 16.4. The maximum Gasteiger partial charge on any atom is 0.330 e. The first kappa shape index (κ1) is 78.7. The van der Waals surface area contributed by atoms with Crippen LogP contribution in [0, 0.1) is 10.8 Å². The van der Waals surface area contributed by atoms with Crippen molar-refractivity contribution >= 4 is 107 Å². The van der Waals surface area contributed by atoms with Crippen molar-refractivity contribution in [2.45, 2.75) is 133 Å². The summed E-state index contributed by atoms with van der Waals surface area (Å²) in [5.41, 5.74) is 10.2. The van der Waals surface area contributed by atoms with Crippen LogP contribution >= 0.6 is 0 Å². The van der Waals surface area contributed by atoms with Crippen LogP contribution < -0.4 is 91.2 Å². The molecule has 2 heterocycles. The first-order chi connectivity index (χ1) is 46.7. The molecule has 2 aromatic rings. The molecule has 0 radical (unpaired) electrons. The predicted octanol–water partition coefficient (Wildman–Crippen LogP) is -4.99. The third-order valence-corrected chi connectivity index (χ3v) is 14.4. The van der Waals surface area contributed by atoms with E-state index in [2.05, 4.69) is 79.8 Å². The van der Waals surface area contributed by atoms with Crippen LogP contribution in [0.2, 0.25) is 0 Å². The van der Waals surface area contributed by atoms with Crippen LogP contribution in [-0.2, 0) is 78.3 Å². The van der Waals surface area contributed by atoms with E-state index in [1.165, 1.54) is 19.1 Å². The lowest BCUT2D eigenvalue weighted by Crippen LogP contribution is -2.57. The van der Waals surface area contributed by atoms with E-state index in [1.54, 1.807) is 60.7 Å². The van der Waals surface area contributed by atoms with Gasteiger partial charge in [-0.1, -0.05) is 67.6 Å². The van der Waals surface area contributed by atoms with Crippen molar-refractivity contribution in [3.05, 3.63) is 101 Å². The number of benzene rings is 2. The maximum atomic E-state index is 14.2. The third-order valence-electron chi connectivity index (χ3n) is 14.4. The first-order valence-electron chi connectivity index (χ1n) is 31.4. The number of aliphatic carboxylic acids is 2. The quantitative estimate of drug-likeness (QED) is 0.0157. The molecule has 23 N–H and O–H groups in total. The topological polar surface area (TPSA) is 577 Å². The number of unbranched alkanes of at least 4 members (excludes halogenated alkanes) is 2. The molecule has 0 bridgehead atoms. The fourth-order valence-corrected chi connectivity index (χ4v) is 9.44. The van der Waals surface area contributed by atoms with Gasteiger partial charge in [0.2, 0.25) is 59.1 Å². The van der Waals surface area contributed by atoms with Crippen LogP contribution in [0.1, 0.15) is 102 Å². The number of carboxylic acids is 2. The Labute approximate surface area is 562 Å². The van der Waals surface area contributed by atoms with Gasteiger partial charge in [-0.3, -0.25) is 77.9 Å². The summed E-state index contributed by atoms with van der Waals surface area (Å²) in [6.45, 7) is 0.0710. The molecule has 530 valence electrons. The van der Waals surface area contributed by atoms with Crippen LogP contribution in [0.3, 0.4) is 0 Å². The lowest BCUT2D eigenvalue weighted by Gasteiger charge is -2.25. The molecule has 0 saturated carbocycles. The van der Waals surface area contributed by atoms with Crippen molar-refractivity contribution < 1.29 is 82.1 Å². The zero-order valence-corrected chi connectivity index (χ0v) is 53.8. The number of rotatable bonds is 29. The molecule has 0 spiro atoms. The Kier molecular flexibility index (Phi) is 33.6. The van der Waals surface area contributed by atoms with Gasteiger partial charge in [0.1, 0.15) is 53.3 Å². The molecule has 6 atom stereocenters. The molecule has 36 nitrogen and oxygen atoms in total. The molecule has 0 aliphatic carbocycles. The van der Waals surface area contributed by atoms with Gasteiger partial charge in [-0.05, 0) is 87.5 Å². The van der Waals surface area contributed by atoms with Crippen LogP contribution in [0.5, 0.6) is 0 Å². The van der Waals surface area contributed by atoms with Crippen molar-refractivity contribution in [1.82, 2.24) is 79.8 Å². The van der Waals surface area contributed by atoms with Crippen LogP contribution in [0.4, 0.5) is 0 Å². The SMILES string of the molecule is CCC(=O)NC(=CCC(=O)NCCCC[C@@H]1NC(=O)[C@@H](Cc2ccccc2)NC(=O)C(=CC(=O)O)NC(=O)CNC(=O)[C@H](CCCNC(=N)N)NC1=O)C(=O)NCCCC[C@@H]1NC(=O)C(=Cc2ccccc2)NC(=O)[C@H](CC(=O)O)NC(=O)CNC(=O)[C@H](CCCNC(=N)N)NC1=O. The molecule has 2 fully saturated rings. The molecule has 98 heavy (non-hydrogen) atoms. The Morgan fingerprint density at radius 2 is 1.00 bits per heavy atom. The summed E-state index contributed by atoms with van der Waals surface area (Å²) in [5, 5.41) is 71.3. The molecule has 0 aromatic heterocycles. The van der Waals surface area contributed by atoms with E-state index in [4.69, 9.17) is 22.3 Å². The Hall–Kier alpha value is -11.7. The lowest BCUT2D eigenvalue weighted by molar-refractivity contribution is -0.140. The van der Waals surface area contributed by atoms with E-state index >= 15 is 0 Å². The highest BCUT2D eigenvalue weighted by Gasteiger charge is 2.34. The standard InChI is InChI=1S/C62H85N19O17/c1-2-46(82)73-41(52(90)68-26-12-10-20-40-56(94)77-38(22-14-28-70-62(65)66)54(92)72-34-49(85)75-45(32-51(88)89)60(98)81-43(58(96)79-40)30-36-17-7-4-8-18-36)23-24-47(83)67-25-11-9-19-39-55(93)76-37(21-13-27-69-61(63)64)53(91)71-33-48(84)74-44(31-50(86)87)59(97)80-42(57(95)78-39)29-35-15-5-3-6-16-35/h3-8,15-18,23,30-31,37-40,42,45H,2,9-14,19-22,24-29,32-34H2,1H3,(H,67,83)(H,68,90)(H,71,91)(H,72,92)(H,73,82)(H,74,84)(H,75,85)(H,76,93)(H,77,94)(H,78,95)(H,79,96)(H,80,97)(H,81,98)(H,86,87)(H,88,89)(H4,63,64,69)(H4,65,66,70)/t37-,38-,39-,40-,42+,45-/m0/s1. The number of nitrogens with two attached hydrogens (primary N) is 2. The minimum Gasteiger partial charge on any atom is -0.481 e. The second kappa shape index (κ2) is 41.8. The smallest absolute Gasteiger partial charge is 0.330 e. The zero-order valence-electron chi connectivity index (χ0n) is 53.8. The van der Waals surface area contributed by atoms with Gasteiger partial charge in [-0.2, -0.15) is 0 Å². The average molecular weight is 1370 g/mol. The van der Waals surface area contributed by atoms with E-state index in [-0.39, 0.29) is 121 Å². The summed E-state index contributed by atoms with van der Waals surface area (Å²) in [5.74, 6) is -15.6. The molecule has 2 aliphatic heterocycles. The highest BCUT2D eigenvalue weighted by molar-refractivity contribution is 6.06. The van der Waals surface area contributed by atoms with Gasteiger partial charge in [0.05, 0.1) is 25.6 Å². The minimum atomic E-state index is -1.74. The van der Waals surface area contributed by atoms with Crippen molar-refractivity contribution in [2.24, 2.45) is 11.5 Å². The average Bonchev–Trinajstić information content (AvgIpc) is 1.48. The van der Waals surface area contributed by atoms with Crippen molar-refractivity contribution in [3.63, 3.8) is 0 Å². The van der Waals surface area contributed by atoms with E-state index in [1.807, 2.05) is 0 Å². The molecular formula is C62H85N19O17. The van der Waals surface area contributed by atoms with Crippen molar-refractivity contribution in [1.29, 1.82) is 10.8 Å². The van der Waals surface area contributed by atoms with Crippen molar-refractivity contribution in [2.75, 3.05) is 39.3 Å². The van der Waals surface area contributed by atoms with Gasteiger partial charge in [0, 0.05) is 45.4 Å². The molecule has 2 aromatic carbocycles. The summed E-state index contributed by atoms with van der Waals surface area (Å²) in [4.78, 5) is 200. The van der Waals surface area contributed by atoms with Gasteiger partial charge in [-0.25, -0.2) is 4.79 Å². The second-order valence-electron chi connectivity index (χ2n) is 22.3. The molecule has 0 unspecified atom stereocenters. The Morgan fingerprint density at radius 1 is 0.520 bits per heavy atom. The number of hydrogen-bond acceptors (Lipinski definition) is 17. The zero-order chi connectivity index (χ0) is 72.1. The van der Waals surface area contributed by atoms with E-state index in [9.17, 15) is 82.1 Å². The van der Waals surface area contributed by atoms with Crippen LogP contribution in [-0.4, -0.2) is 186 Å². The number of carbonyl (C=O) groups excluding carboxylic acids is 13. The molecule has 36 heteroatoms. The summed E-state index contributed by atoms with van der Waals surface area (Å²) >= 11 is 0. The maximum absolute atomic E-state index is 14.2. The third kappa shape index (κ3) is 30.1. The summed E-state index contributed by atoms with van der Waals surface area (Å²) in [7, 11) is 0. The summed E-state index contributed by atoms with van der Waals surface area (Å²) in [6.07, 6.45) is 1.64. The molecule has 2 saturated heterocycles. The fourth-order valence-electron chi connectivity index (χ4n) is 9.44. The monoisotopic (exact) mass is 1370 g/mol. The molecule has 13 amide bonds. The summed E-state index contributed by atoms with van der Waals surface area (Å²) < 4.78 is 0. The summed E-state index contributed by atoms with van der Waals surface area (Å²) in [6, 6.07) is 7.69. The van der Waals surface area contributed by atoms with Gasteiger partial charge in [0.15, 0.2) is 11.9 Å². The van der Waals surface area contributed by atoms with E-state index in [0.717, 1.165) is 0 Å². The number of guanidine groups is 2. The highest BCUT2D eigenvalue weighted by Crippen LogP contribution is 2.13. The van der Waals surface area contributed by atoms with Gasteiger partial charge < -0.3 is 101 Å². The Balaban J connectivity index is 1.49. The Morgan fingerprint density at radius 3 is 1.54 bits per heavy atom. The van der Waals surface area contributed by atoms with E-state index < -0.39 is 162 Å². The van der Waals surface area contributed by atoms with Crippen LogP contribution in [0.25, 0.3) is 6.08 Å². The molecule has 4 rings (SSSR count). The number of carbonyl (C=O) groups is 15. The largest absolute Gasteiger partial charge is 0.481 e. The minimum absolute atomic E-state index is 0.0185.